The molecule has 3 rings (SSSR count). The van der Waals surface area contributed by atoms with Crippen LogP contribution in [-0.4, -0.2) is 4.98 Å². The van der Waals surface area contributed by atoms with E-state index in [9.17, 15) is 0 Å². The molecule has 1 heterocycles. The molecule has 0 aliphatic carbocycles. The van der Waals surface area contributed by atoms with Crippen molar-refractivity contribution in [2.75, 3.05) is 11.1 Å². The Balaban J connectivity index is 1.98. The number of rotatable bonds is 2. The van der Waals surface area contributed by atoms with Crippen LogP contribution in [0.25, 0.3) is 10.9 Å². The Morgan fingerprint density at radius 3 is 2.84 bits per heavy atom. The summed E-state index contributed by atoms with van der Waals surface area (Å²) in [6.07, 6.45) is 1.79. The maximum absolute atomic E-state index is 5.95. The second kappa shape index (κ2) is 4.90. The number of hydrogen-bond acceptors (Lipinski definition) is 3. The smallest absolute Gasteiger partial charge is 0.0703 e. The third-order valence-electron chi connectivity index (χ3n) is 2.90. The highest BCUT2D eigenvalue weighted by atomic mass is 79.9. The Hall–Kier alpha value is -2.07. The lowest BCUT2D eigenvalue weighted by Gasteiger charge is -2.10. The Labute approximate surface area is 119 Å². The number of aromatic nitrogens is 1. The molecule has 0 bridgehead atoms. The maximum atomic E-state index is 5.95. The molecular weight excluding hydrogens is 302 g/mol. The summed E-state index contributed by atoms with van der Waals surface area (Å²) >= 11 is 3.44. The molecule has 3 aromatic rings. The molecule has 0 fully saturated rings. The molecule has 0 saturated heterocycles. The van der Waals surface area contributed by atoms with Gasteiger partial charge in [0.1, 0.15) is 0 Å². The van der Waals surface area contributed by atoms with Crippen LogP contribution < -0.4 is 11.1 Å². The molecule has 3 N–H and O–H groups in total. The number of benzene rings is 2. The molecule has 0 saturated carbocycles. The second-order valence-corrected chi connectivity index (χ2v) is 5.18. The normalized spacial score (nSPS) is 10.6. The van der Waals surface area contributed by atoms with E-state index in [0.717, 1.165) is 32.4 Å². The first-order valence-electron chi connectivity index (χ1n) is 5.89. The molecule has 0 aliphatic rings. The molecule has 2 aromatic carbocycles. The van der Waals surface area contributed by atoms with Gasteiger partial charge < -0.3 is 11.1 Å². The van der Waals surface area contributed by atoms with Crippen molar-refractivity contribution >= 4 is 43.9 Å². The predicted molar refractivity (Wildman–Crippen MR) is 83.6 cm³/mol. The lowest BCUT2D eigenvalue weighted by atomic mass is 10.2. The van der Waals surface area contributed by atoms with Crippen LogP contribution in [0.4, 0.5) is 17.1 Å². The standard InChI is InChI=1S/C15H12BrN3/c16-11-3-5-13(17)15(9-11)19-12-4-6-14-10(8-12)2-1-7-18-14/h1-9,19H,17H2. The number of nitrogen functional groups attached to an aromatic ring is 1. The number of fused-ring (bicyclic) bond motifs is 1. The highest BCUT2D eigenvalue weighted by Crippen LogP contribution is 2.27. The van der Waals surface area contributed by atoms with Crippen molar-refractivity contribution in [2.45, 2.75) is 0 Å². The number of halogens is 1. The first kappa shape index (κ1) is 12.0. The van der Waals surface area contributed by atoms with Gasteiger partial charge >= 0.3 is 0 Å². The van der Waals surface area contributed by atoms with Crippen LogP contribution in [-0.2, 0) is 0 Å². The summed E-state index contributed by atoms with van der Waals surface area (Å²) in [5.41, 5.74) is 9.53. The number of hydrogen-bond donors (Lipinski definition) is 2. The first-order valence-corrected chi connectivity index (χ1v) is 6.68. The van der Waals surface area contributed by atoms with Crippen LogP contribution in [0, 0.1) is 0 Å². The van der Waals surface area contributed by atoms with E-state index in [4.69, 9.17) is 5.73 Å². The van der Waals surface area contributed by atoms with Crippen molar-refractivity contribution in [2.24, 2.45) is 0 Å². The van der Waals surface area contributed by atoms with Crippen LogP contribution in [0.15, 0.2) is 59.2 Å². The van der Waals surface area contributed by atoms with Gasteiger partial charge in [0.2, 0.25) is 0 Å². The van der Waals surface area contributed by atoms with E-state index in [0.29, 0.717) is 0 Å². The van der Waals surface area contributed by atoms with Gasteiger partial charge in [-0.15, -0.1) is 0 Å². The Bertz CT molecular complexity index is 740. The zero-order chi connectivity index (χ0) is 13.2. The molecule has 0 radical (unpaired) electrons. The fraction of sp³-hybridized carbons (Fsp3) is 0. The number of nitrogens with one attached hydrogen (secondary N) is 1. The highest BCUT2D eigenvalue weighted by Gasteiger charge is 2.02. The molecule has 0 atom stereocenters. The van der Waals surface area contributed by atoms with E-state index in [1.807, 2.05) is 42.5 Å². The van der Waals surface area contributed by atoms with Gasteiger partial charge in [-0.1, -0.05) is 22.0 Å². The van der Waals surface area contributed by atoms with Crippen molar-refractivity contribution in [1.82, 2.24) is 4.98 Å². The predicted octanol–water partition coefficient (Wildman–Crippen LogP) is 4.32. The van der Waals surface area contributed by atoms with Crippen LogP contribution in [0.2, 0.25) is 0 Å². The van der Waals surface area contributed by atoms with E-state index in [1.54, 1.807) is 6.20 Å². The van der Waals surface area contributed by atoms with Gasteiger partial charge in [0.15, 0.2) is 0 Å². The Kier molecular flexibility index (Phi) is 3.09. The number of nitrogens with two attached hydrogens (primary N) is 1. The minimum atomic E-state index is 0.717. The molecule has 0 spiro atoms. The monoisotopic (exact) mass is 313 g/mol. The quantitative estimate of drug-likeness (QED) is 0.693. The third kappa shape index (κ3) is 2.53. The third-order valence-corrected chi connectivity index (χ3v) is 3.39. The van der Waals surface area contributed by atoms with E-state index in [2.05, 4.69) is 32.3 Å². The van der Waals surface area contributed by atoms with Crippen molar-refractivity contribution in [3.05, 3.63) is 59.2 Å². The first-order chi connectivity index (χ1) is 9.22. The molecule has 94 valence electrons. The molecule has 19 heavy (non-hydrogen) atoms. The van der Waals surface area contributed by atoms with Crippen molar-refractivity contribution in [3.8, 4) is 0 Å². The average Bonchev–Trinajstić information content (AvgIpc) is 2.43. The minimum absolute atomic E-state index is 0.717. The van der Waals surface area contributed by atoms with Gasteiger partial charge in [0, 0.05) is 21.7 Å². The summed E-state index contributed by atoms with van der Waals surface area (Å²) in [5.74, 6) is 0. The zero-order valence-corrected chi connectivity index (χ0v) is 11.7. The summed E-state index contributed by atoms with van der Waals surface area (Å²) in [7, 11) is 0. The van der Waals surface area contributed by atoms with Crippen LogP contribution in [0.1, 0.15) is 0 Å². The molecule has 4 heteroatoms. The van der Waals surface area contributed by atoms with Gasteiger partial charge in [0.25, 0.3) is 0 Å². The molecule has 0 amide bonds. The Morgan fingerprint density at radius 1 is 1.05 bits per heavy atom. The summed E-state index contributed by atoms with van der Waals surface area (Å²) < 4.78 is 0.992. The topological polar surface area (TPSA) is 50.9 Å². The lowest BCUT2D eigenvalue weighted by Crippen LogP contribution is -1.96. The van der Waals surface area contributed by atoms with E-state index in [-0.39, 0.29) is 0 Å². The molecule has 3 nitrogen and oxygen atoms in total. The molecular formula is C15H12BrN3. The van der Waals surface area contributed by atoms with E-state index < -0.39 is 0 Å². The van der Waals surface area contributed by atoms with Gasteiger partial charge in [-0.3, -0.25) is 4.98 Å². The zero-order valence-electron chi connectivity index (χ0n) is 10.1. The lowest BCUT2D eigenvalue weighted by molar-refractivity contribution is 1.41. The summed E-state index contributed by atoms with van der Waals surface area (Å²) in [6.45, 7) is 0. The van der Waals surface area contributed by atoms with E-state index in [1.165, 1.54) is 0 Å². The van der Waals surface area contributed by atoms with Crippen molar-refractivity contribution in [3.63, 3.8) is 0 Å². The summed E-state index contributed by atoms with van der Waals surface area (Å²) in [4.78, 5) is 4.30. The average molecular weight is 314 g/mol. The van der Waals surface area contributed by atoms with Crippen LogP contribution >= 0.6 is 15.9 Å². The van der Waals surface area contributed by atoms with Crippen LogP contribution in [0.3, 0.4) is 0 Å². The van der Waals surface area contributed by atoms with Crippen molar-refractivity contribution in [1.29, 1.82) is 0 Å². The fourth-order valence-corrected chi connectivity index (χ4v) is 2.31. The van der Waals surface area contributed by atoms with E-state index >= 15 is 0 Å². The highest BCUT2D eigenvalue weighted by molar-refractivity contribution is 9.10. The largest absolute Gasteiger partial charge is 0.397 e. The maximum Gasteiger partial charge on any atom is 0.0703 e. The number of anilines is 3. The number of nitrogens with zero attached hydrogens (tertiary/aromatic N) is 1. The molecule has 0 unspecified atom stereocenters. The van der Waals surface area contributed by atoms with Gasteiger partial charge in [-0.25, -0.2) is 0 Å². The fourth-order valence-electron chi connectivity index (χ4n) is 1.95. The summed E-state index contributed by atoms with van der Waals surface area (Å²) in [5, 5.41) is 4.42. The second-order valence-electron chi connectivity index (χ2n) is 4.27. The van der Waals surface area contributed by atoms with Gasteiger partial charge in [-0.05, 0) is 42.5 Å². The minimum Gasteiger partial charge on any atom is -0.397 e. The van der Waals surface area contributed by atoms with Crippen LogP contribution in [0.5, 0.6) is 0 Å². The van der Waals surface area contributed by atoms with Gasteiger partial charge in [0.05, 0.1) is 16.9 Å². The molecule has 0 aliphatic heterocycles. The SMILES string of the molecule is Nc1ccc(Br)cc1Nc1ccc2ncccc2c1. The molecule has 1 aromatic heterocycles. The van der Waals surface area contributed by atoms with Crippen molar-refractivity contribution < 1.29 is 0 Å². The van der Waals surface area contributed by atoms with Gasteiger partial charge in [-0.2, -0.15) is 0 Å². The Morgan fingerprint density at radius 2 is 1.95 bits per heavy atom. The summed E-state index contributed by atoms with van der Waals surface area (Å²) in [6, 6.07) is 15.8. The number of pyridine rings is 1.